The Morgan fingerprint density at radius 1 is 0.864 bits per heavy atom. The van der Waals surface area contributed by atoms with Crippen LogP contribution in [0.2, 0.25) is 0 Å². The van der Waals surface area contributed by atoms with E-state index in [9.17, 15) is 0 Å². The molecule has 0 saturated carbocycles. The second-order valence-corrected chi connectivity index (χ2v) is 5.82. The van der Waals surface area contributed by atoms with Gasteiger partial charge < -0.3 is 0 Å². The van der Waals surface area contributed by atoms with Crippen LogP contribution in [0.3, 0.4) is 0 Å². The summed E-state index contributed by atoms with van der Waals surface area (Å²) in [6.45, 7) is 6.01. The minimum Gasteiger partial charge on any atom is -0.298 e. The van der Waals surface area contributed by atoms with Crippen LogP contribution in [0, 0.1) is 0 Å². The van der Waals surface area contributed by atoms with Crippen molar-refractivity contribution in [3.8, 4) is 0 Å². The van der Waals surface area contributed by atoms with Crippen LogP contribution in [0.25, 0.3) is 16.3 Å². The molecule has 0 fully saturated rings. The Kier molecular flexibility index (Phi) is 4.36. The third-order valence-corrected chi connectivity index (χ3v) is 3.91. The van der Waals surface area contributed by atoms with Gasteiger partial charge in [0.15, 0.2) is 0 Å². The first-order valence-corrected chi connectivity index (χ1v) is 7.62. The highest BCUT2D eigenvalue weighted by atomic mass is 15.1. The number of likely N-dealkylation sites (N-methyl/N-ethyl adjacent to an activating group) is 1. The van der Waals surface area contributed by atoms with Crippen LogP contribution in [-0.2, 0) is 6.54 Å². The Morgan fingerprint density at radius 3 is 2.32 bits per heavy atom. The van der Waals surface area contributed by atoms with Crippen molar-refractivity contribution < 1.29 is 0 Å². The molecule has 0 aliphatic rings. The standard InChI is InChI=1S/C21H21N/c1-17(19-8-4-3-5-9-19)15-22(2)16-18-12-13-20-10-6-7-11-21(20)14-18/h3-14H,1,15-16H2,2H3. The van der Waals surface area contributed by atoms with Crippen molar-refractivity contribution in [3.63, 3.8) is 0 Å². The predicted molar refractivity (Wildman–Crippen MR) is 95.8 cm³/mol. The molecule has 0 aliphatic heterocycles. The highest BCUT2D eigenvalue weighted by Gasteiger charge is 2.05. The highest BCUT2D eigenvalue weighted by molar-refractivity contribution is 5.83. The third-order valence-electron chi connectivity index (χ3n) is 3.91. The van der Waals surface area contributed by atoms with Crippen LogP contribution in [-0.4, -0.2) is 18.5 Å². The van der Waals surface area contributed by atoms with Crippen molar-refractivity contribution >= 4 is 16.3 Å². The second-order valence-electron chi connectivity index (χ2n) is 5.82. The van der Waals surface area contributed by atoms with Gasteiger partial charge >= 0.3 is 0 Å². The summed E-state index contributed by atoms with van der Waals surface area (Å²) < 4.78 is 0. The van der Waals surface area contributed by atoms with E-state index in [-0.39, 0.29) is 0 Å². The molecule has 0 unspecified atom stereocenters. The van der Waals surface area contributed by atoms with Crippen molar-refractivity contribution in [1.82, 2.24) is 4.90 Å². The summed E-state index contributed by atoms with van der Waals surface area (Å²) in [5.41, 5.74) is 3.71. The number of hydrogen-bond donors (Lipinski definition) is 0. The lowest BCUT2D eigenvalue weighted by molar-refractivity contribution is 0.369. The van der Waals surface area contributed by atoms with E-state index in [0.717, 1.165) is 18.7 Å². The topological polar surface area (TPSA) is 3.24 Å². The van der Waals surface area contributed by atoms with Gasteiger partial charge in [-0.15, -0.1) is 0 Å². The molecular weight excluding hydrogens is 266 g/mol. The molecule has 110 valence electrons. The van der Waals surface area contributed by atoms with Gasteiger partial charge in [0.1, 0.15) is 0 Å². The monoisotopic (exact) mass is 287 g/mol. The summed E-state index contributed by atoms with van der Waals surface area (Å²) in [6.07, 6.45) is 0. The van der Waals surface area contributed by atoms with E-state index in [1.165, 1.54) is 21.9 Å². The maximum Gasteiger partial charge on any atom is 0.0234 e. The Labute approximate surface area is 132 Å². The average Bonchev–Trinajstić information content (AvgIpc) is 2.55. The quantitative estimate of drug-likeness (QED) is 0.639. The van der Waals surface area contributed by atoms with Crippen molar-refractivity contribution in [2.75, 3.05) is 13.6 Å². The van der Waals surface area contributed by atoms with Crippen LogP contribution in [0.1, 0.15) is 11.1 Å². The smallest absolute Gasteiger partial charge is 0.0234 e. The van der Waals surface area contributed by atoms with Crippen LogP contribution >= 0.6 is 0 Å². The summed E-state index contributed by atoms with van der Waals surface area (Å²) in [4.78, 5) is 2.30. The van der Waals surface area contributed by atoms with Gasteiger partial charge in [-0.05, 0) is 40.6 Å². The van der Waals surface area contributed by atoms with Gasteiger partial charge in [-0.3, -0.25) is 4.90 Å². The molecule has 0 aliphatic carbocycles. The SMILES string of the molecule is C=C(CN(C)Cc1ccc2ccccc2c1)c1ccccc1. The minimum atomic E-state index is 0.872. The molecule has 0 amide bonds. The molecule has 1 heteroatoms. The minimum absolute atomic E-state index is 0.872. The highest BCUT2D eigenvalue weighted by Crippen LogP contribution is 2.18. The molecule has 0 radical (unpaired) electrons. The average molecular weight is 287 g/mol. The van der Waals surface area contributed by atoms with Crippen LogP contribution < -0.4 is 0 Å². The van der Waals surface area contributed by atoms with E-state index in [1.54, 1.807) is 0 Å². The first-order chi connectivity index (χ1) is 10.7. The molecule has 3 rings (SSSR count). The molecule has 0 bridgehead atoms. The van der Waals surface area contributed by atoms with Gasteiger partial charge in [-0.1, -0.05) is 73.3 Å². The first-order valence-electron chi connectivity index (χ1n) is 7.62. The first kappa shape index (κ1) is 14.6. The normalized spacial score (nSPS) is 11.0. The fourth-order valence-corrected chi connectivity index (χ4v) is 2.80. The molecule has 3 aromatic rings. The molecule has 3 aromatic carbocycles. The maximum absolute atomic E-state index is 4.21. The summed E-state index contributed by atoms with van der Waals surface area (Å²) in [6, 6.07) is 25.6. The fraction of sp³-hybridized carbons (Fsp3) is 0.143. The molecule has 0 atom stereocenters. The summed E-state index contributed by atoms with van der Waals surface area (Å²) in [5.74, 6) is 0. The Bertz CT molecular complexity index is 774. The lowest BCUT2D eigenvalue weighted by atomic mass is 10.1. The number of rotatable bonds is 5. The Morgan fingerprint density at radius 2 is 1.55 bits per heavy atom. The van der Waals surface area contributed by atoms with Crippen molar-refractivity contribution in [1.29, 1.82) is 0 Å². The van der Waals surface area contributed by atoms with Gasteiger partial charge in [-0.25, -0.2) is 0 Å². The largest absolute Gasteiger partial charge is 0.298 e. The number of hydrogen-bond acceptors (Lipinski definition) is 1. The van der Waals surface area contributed by atoms with Gasteiger partial charge in [0.05, 0.1) is 0 Å². The van der Waals surface area contributed by atoms with E-state index in [1.807, 2.05) is 6.07 Å². The molecule has 0 heterocycles. The lowest BCUT2D eigenvalue weighted by Crippen LogP contribution is -2.19. The summed E-state index contributed by atoms with van der Waals surface area (Å²) in [5, 5.41) is 2.60. The summed E-state index contributed by atoms with van der Waals surface area (Å²) >= 11 is 0. The Balaban J connectivity index is 1.68. The molecular formula is C21H21N. The molecule has 0 aromatic heterocycles. The van der Waals surface area contributed by atoms with Crippen molar-refractivity contribution in [2.45, 2.75) is 6.54 Å². The van der Waals surface area contributed by atoms with E-state index >= 15 is 0 Å². The fourth-order valence-electron chi connectivity index (χ4n) is 2.80. The van der Waals surface area contributed by atoms with E-state index in [0.29, 0.717) is 0 Å². The third kappa shape index (κ3) is 3.44. The van der Waals surface area contributed by atoms with E-state index < -0.39 is 0 Å². The second kappa shape index (κ2) is 6.59. The van der Waals surface area contributed by atoms with Crippen molar-refractivity contribution in [2.24, 2.45) is 0 Å². The van der Waals surface area contributed by atoms with Gasteiger partial charge in [0, 0.05) is 13.1 Å². The molecule has 22 heavy (non-hydrogen) atoms. The predicted octanol–water partition coefficient (Wildman–Crippen LogP) is 4.99. The zero-order valence-corrected chi connectivity index (χ0v) is 13.0. The number of benzene rings is 3. The molecule has 0 spiro atoms. The number of nitrogens with zero attached hydrogens (tertiary/aromatic N) is 1. The van der Waals surface area contributed by atoms with Gasteiger partial charge in [0.2, 0.25) is 0 Å². The zero-order valence-electron chi connectivity index (χ0n) is 13.0. The molecule has 0 saturated heterocycles. The lowest BCUT2D eigenvalue weighted by Gasteiger charge is -2.18. The van der Waals surface area contributed by atoms with Gasteiger partial charge in [-0.2, -0.15) is 0 Å². The van der Waals surface area contributed by atoms with E-state index in [4.69, 9.17) is 0 Å². The zero-order chi connectivity index (χ0) is 15.4. The maximum atomic E-state index is 4.21. The molecule has 0 N–H and O–H groups in total. The van der Waals surface area contributed by atoms with Gasteiger partial charge in [0.25, 0.3) is 0 Å². The Hall–Kier alpha value is -2.38. The number of fused-ring (bicyclic) bond motifs is 1. The van der Waals surface area contributed by atoms with E-state index in [2.05, 4.69) is 85.3 Å². The molecule has 1 nitrogen and oxygen atoms in total. The van der Waals surface area contributed by atoms with Crippen LogP contribution in [0.5, 0.6) is 0 Å². The van der Waals surface area contributed by atoms with Crippen LogP contribution in [0.15, 0.2) is 79.4 Å². The van der Waals surface area contributed by atoms with Crippen LogP contribution in [0.4, 0.5) is 0 Å². The van der Waals surface area contributed by atoms with Crippen molar-refractivity contribution in [3.05, 3.63) is 90.5 Å². The summed E-state index contributed by atoms with van der Waals surface area (Å²) in [7, 11) is 2.14.